The molecule has 0 bridgehead atoms. The van der Waals surface area contributed by atoms with E-state index in [2.05, 4.69) is 11.5 Å². The molecule has 1 aliphatic carbocycles. The van der Waals surface area contributed by atoms with E-state index in [1.807, 2.05) is 0 Å². The third-order valence-electron chi connectivity index (χ3n) is 6.47. The molecule has 3 rings (SSSR count). The lowest BCUT2D eigenvalue weighted by atomic mass is 10.1. The van der Waals surface area contributed by atoms with Crippen LogP contribution in [0, 0.1) is 0 Å². The van der Waals surface area contributed by atoms with E-state index in [1.54, 1.807) is 0 Å². The van der Waals surface area contributed by atoms with E-state index < -0.39 is 64.2 Å². The zero-order valence-electron chi connectivity index (χ0n) is 22.3. The number of hydroxylamine groups is 1. The minimum absolute atomic E-state index is 0.0930. The number of likely N-dealkylation sites (tertiary alicyclic amines) is 1. The van der Waals surface area contributed by atoms with E-state index in [1.165, 1.54) is 36.2 Å². The second-order valence-electron chi connectivity index (χ2n) is 9.32. The van der Waals surface area contributed by atoms with E-state index in [4.69, 9.17) is 26.3 Å². The smallest absolute Gasteiger partial charge is 0.413 e. The zero-order valence-corrected chi connectivity index (χ0v) is 23.9. The molecule has 1 aromatic rings. The third-order valence-corrected chi connectivity index (χ3v) is 8.66. The minimum Gasteiger partial charge on any atom is -0.456 e. The third kappa shape index (κ3) is 9.23. The summed E-state index contributed by atoms with van der Waals surface area (Å²) < 4.78 is 67.8. The number of allylic oxidation sites excluding steroid dienone is 4. The molecular weight excluding hydrogens is 586 g/mol. The van der Waals surface area contributed by atoms with Crippen LogP contribution in [0.15, 0.2) is 59.6 Å². The lowest BCUT2D eigenvalue weighted by Gasteiger charge is -2.28. The zero-order chi connectivity index (χ0) is 30.0. The SMILES string of the molecule is C=CN(CCN(CC(=O)NO)S(=O)(=O)C1=CC(F)=C(Oc2ccc(Cl)cc2)C(F)C1)C(=O)OCCN1CCCCC1. The van der Waals surface area contributed by atoms with E-state index in [0.717, 1.165) is 37.0 Å². The van der Waals surface area contributed by atoms with Gasteiger partial charge in [-0.2, -0.15) is 4.31 Å². The van der Waals surface area contributed by atoms with Crippen molar-refractivity contribution in [2.45, 2.75) is 31.9 Å². The summed E-state index contributed by atoms with van der Waals surface area (Å²) in [4.78, 5) is 27.0. The van der Waals surface area contributed by atoms with Gasteiger partial charge in [0.2, 0.25) is 10.0 Å². The number of amides is 2. The highest BCUT2D eigenvalue weighted by molar-refractivity contribution is 7.93. The molecule has 1 heterocycles. The number of hydrogen-bond acceptors (Lipinski definition) is 8. The maximum Gasteiger partial charge on any atom is 0.413 e. The van der Waals surface area contributed by atoms with Crippen LogP contribution in [0.25, 0.3) is 0 Å². The van der Waals surface area contributed by atoms with Gasteiger partial charge in [-0.15, -0.1) is 0 Å². The van der Waals surface area contributed by atoms with Crippen LogP contribution in [0.5, 0.6) is 5.75 Å². The molecule has 1 saturated heterocycles. The van der Waals surface area contributed by atoms with E-state index in [-0.39, 0.29) is 18.9 Å². The lowest BCUT2D eigenvalue weighted by Crippen LogP contribution is -2.45. The highest BCUT2D eigenvalue weighted by Crippen LogP contribution is 2.33. The summed E-state index contributed by atoms with van der Waals surface area (Å²) in [6.45, 7) is 4.40. The summed E-state index contributed by atoms with van der Waals surface area (Å²) in [5, 5.41) is 9.34. The number of carbonyl (C=O) groups excluding carboxylic acids is 2. The first kappa shape index (κ1) is 32.5. The van der Waals surface area contributed by atoms with Crippen LogP contribution in [0.3, 0.4) is 0 Å². The molecule has 1 aromatic carbocycles. The van der Waals surface area contributed by atoms with E-state index in [0.29, 0.717) is 21.9 Å². The fraction of sp³-hybridized carbons (Fsp3) is 0.462. The van der Waals surface area contributed by atoms with Crippen molar-refractivity contribution < 1.29 is 41.5 Å². The van der Waals surface area contributed by atoms with Crippen molar-refractivity contribution in [3.63, 3.8) is 0 Å². The standard InChI is InChI=1S/C26H33ClF2N4O7S/c1-2-32(26(35)39-15-14-31-10-4-3-5-11-31)12-13-33(18-24(34)30-36)41(37,38)21-16-22(28)25(23(29)17-21)40-20-8-6-19(27)7-9-20/h2,6-9,16,23,36H,1,3-5,10-15,17-18H2,(H,30,34). The Balaban J connectivity index is 1.70. The van der Waals surface area contributed by atoms with Gasteiger partial charge in [-0.05, 0) is 56.3 Å². The van der Waals surface area contributed by atoms with Crippen LogP contribution in [-0.2, 0) is 19.6 Å². The van der Waals surface area contributed by atoms with Crippen molar-refractivity contribution in [2.75, 3.05) is 45.9 Å². The number of piperidine rings is 1. The molecular formula is C26H33ClF2N4O7S. The van der Waals surface area contributed by atoms with Crippen molar-refractivity contribution in [3.8, 4) is 5.75 Å². The van der Waals surface area contributed by atoms with Crippen molar-refractivity contribution in [2.24, 2.45) is 0 Å². The molecule has 1 aliphatic heterocycles. The summed E-state index contributed by atoms with van der Waals surface area (Å²) in [5.74, 6) is -2.97. The van der Waals surface area contributed by atoms with Gasteiger partial charge in [-0.25, -0.2) is 27.5 Å². The van der Waals surface area contributed by atoms with Gasteiger partial charge in [0.25, 0.3) is 5.91 Å². The first-order chi connectivity index (χ1) is 19.5. The van der Waals surface area contributed by atoms with Gasteiger partial charge in [0.1, 0.15) is 12.4 Å². The Morgan fingerprint density at radius 2 is 1.88 bits per heavy atom. The number of hydrogen-bond donors (Lipinski definition) is 2. The predicted octanol–water partition coefficient (Wildman–Crippen LogP) is 3.73. The van der Waals surface area contributed by atoms with Gasteiger partial charge in [0.15, 0.2) is 17.8 Å². The van der Waals surface area contributed by atoms with Gasteiger partial charge >= 0.3 is 6.09 Å². The topological polar surface area (TPSA) is 129 Å². The Kier molecular flexibility index (Phi) is 12.1. The van der Waals surface area contributed by atoms with Crippen molar-refractivity contribution in [3.05, 3.63) is 64.6 Å². The fourth-order valence-electron chi connectivity index (χ4n) is 4.26. The molecule has 15 heteroatoms. The molecule has 1 fully saturated rings. The highest BCUT2D eigenvalue weighted by Gasteiger charge is 2.36. The molecule has 41 heavy (non-hydrogen) atoms. The summed E-state index contributed by atoms with van der Waals surface area (Å²) in [7, 11) is -4.64. The second-order valence-corrected chi connectivity index (χ2v) is 11.7. The first-order valence-electron chi connectivity index (χ1n) is 12.9. The molecule has 0 saturated carbocycles. The maximum atomic E-state index is 15.0. The van der Waals surface area contributed by atoms with Gasteiger partial charge < -0.3 is 9.47 Å². The van der Waals surface area contributed by atoms with Crippen molar-refractivity contribution in [1.29, 1.82) is 0 Å². The van der Waals surface area contributed by atoms with Crippen LogP contribution in [-0.4, -0.2) is 91.8 Å². The summed E-state index contributed by atoms with van der Waals surface area (Å²) in [6, 6.07) is 5.70. The van der Waals surface area contributed by atoms with Crippen molar-refractivity contribution in [1.82, 2.24) is 19.6 Å². The van der Waals surface area contributed by atoms with Crippen LogP contribution in [0.1, 0.15) is 25.7 Å². The number of ether oxygens (including phenoxy) is 2. The number of benzene rings is 1. The molecule has 2 amide bonds. The molecule has 1 unspecified atom stereocenters. The van der Waals surface area contributed by atoms with Gasteiger partial charge in [-0.3, -0.25) is 19.8 Å². The normalized spacial score (nSPS) is 18.1. The average Bonchev–Trinajstić information content (AvgIpc) is 2.95. The number of alkyl halides is 1. The number of sulfonamides is 1. The molecule has 0 spiro atoms. The van der Waals surface area contributed by atoms with Crippen LogP contribution < -0.4 is 10.2 Å². The quantitative estimate of drug-likeness (QED) is 0.253. The highest BCUT2D eigenvalue weighted by atomic mass is 35.5. The molecule has 1 atom stereocenters. The lowest BCUT2D eigenvalue weighted by molar-refractivity contribution is -0.129. The number of halogens is 3. The Hall–Kier alpha value is -3.04. The maximum absolute atomic E-state index is 15.0. The van der Waals surface area contributed by atoms with Crippen molar-refractivity contribution >= 4 is 33.6 Å². The number of nitrogens with one attached hydrogen (secondary N) is 1. The Morgan fingerprint density at radius 3 is 2.49 bits per heavy atom. The monoisotopic (exact) mass is 618 g/mol. The summed E-state index contributed by atoms with van der Waals surface area (Å²) in [5.41, 5.74) is 1.33. The van der Waals surface area contributed by atoms with Gasteiger partial charge in [0, 0.05) is 37.3 Å². The van der Waals surface area contributed by atoms with E-state index >= 15 is 0 Å². The Labute approximate surface area is 242 Å². The van der Waals surface area contributed by atoms with Crippen LogP contribution >= 0.6 is 11.6 Å². The minimum atomic E-state index is -4.64. The molecule has 2 aliphatic rings. The fourth-order valence-corrected chi connectivity index (χ4v) is 5.94. The Morgan fingerprint density at radius 1 is 1.20 bits per heavy atom. The molecule has 0 aromatic heterocycles. The number of nitrogens with zero attached hydrogens (tertiary/aromatic N) is 3. The molecule has 0 radical (unpaired) electrons. The van der Waals surface area contributed by atoms with E-state index in [9.17, 15) is 26.8 Å². The summed E-state index contributed by atoms with van der Waals surface area (Å²) in [6.07, 6.45) is 1.36. The molecule has 226 valence electrons. The largest absolute Gasteiger partial charge is 0.456 e. The first-order valence-corrected chi connectivity index (χ1v) is 14.8. The van der Waals surface area contributed by atoms with Gasteiger partial charge in [-0.1, -0.05) is 24.6 Å². The molecule has 2 N–H and O–H groups in total. The molecule has 11 nitrogen and oxygen atoms in total. The van der Waals surface area contributed by atoms with Gasteiger partial charge in [0.05, 0.1) is 11.4 Å². The predicted molar refractivity (Wildman–Crippen MR) is 147 cm³/mol. The second kappa shape index (κ2) is 15.3. The summed E-state index contributed by atoms with van der Waals surface area (Å²) >= 11 is 5.80. The number of rotatable bonds is 13. The average molecular weight is 619 g/mol. The Bertz CT molecular complexity index is 1250. The van der Waals surface area contributed by atoms with Crippen LogP contribution in [0.2, 0.25) is 5.02 Å². The number of carbonyl (C=O) groups is 2. The van der Waals surface area contributed by atoms with Crippen LogP contribution in [0.4, 0.5) is 13.6 Å².